The van der Waals surface area contributed by atoms with Crippen molar-refractivity contribution in [3.8, 4) is 0 Å². The molecule has 1 N–H and O–H groups in total. The van der Waals surface area contributed by atoms with Gasteiger partial charge in [0.15, 0.2) is 5.71 Å². The van der Waals surface area contributed by atoms with Gasteiger partial charge in [0.2, 0.25) is 0 Å². The molecule has 0 saturated carbocycles. The van der Waals surface area contributed by atoms with Crippen LogP contribution in [0.5, 0.6) is 0 Å². The van der Waals surface area contributed by atoms with Gasteiger partial charge in [-0.2, -0.15) is 5.10 Å². The number of allylic oxidation sites excluding steroid dienone is 3. The molecule has 2 saturated heterocycles. The van der Waals surface area contributed by atoms with Crippen molar-refractivity contribution in [2.75, 3.05) is 14.2 Å². The standard InChI is InChI=1S/C17H22N4O2/c1-21-11-3-4-12(21)8-10(7-11)18-17(22)16-14-6-5-13(23-2)9-15(14)19-20-16/h5-6,10-12H,3-4,7-9H2,1-2H3,(H,18,22). The molecule has 3 aliphatic heterocycles. The van der Waals surface area contributed by atoms with Crippen LogP contribution in [0.3, 0.4) is 0 Å². The number of ether oxygens (including phenoxy) is 1. The normalized spacial score (nSPS) is 32.5. The molecule has 2 bridgehead atoms. The minimum Gasteiger partial charge on any atom is -0.501 e. The number of fused-ring (bicyclic) bond motifs is 3. The molecule has 0 aromatic heterocycles. The lowest BCUT2D eigenvalue weighted by Crippen LogP contribution is -2.50. The Morgan fingerprint density at radius 3 is 2.70 bits per heavy atom. The first kappa shape index (κ1) is 14.6. The lowest BCUT2D eigenvalue weighted by molar-refractivity contribution is -0.115. The molecule has 2 fully saturated rings. The summed E-state index contributed by atoms with van der Waals surface area (Å²) in [6.45, 7) is 0. The van der Waals surface area contributed by atoms with Crippen LogP contribution in [0, 0.1) is 0 Å². The first-order valence-electron chi connectivity index (χ1n) is 8.28. The van der Waals surface area contributed by atoms with Crippen LogP contribution in [0.4, 0.5) is 0 Å². The van der Waals surface area contributed by atoms with E-state index >= 15 is 0 Å². The summed E-state index contributed by atoms with van der Waals surface area (Å²) >= 11 is 0. The first-order chi connectivity index (χ1) is 11.2. The van der Waals surface area contributed by atoms with E-state index in [4.69, 9.17) is 4.74 Å². The number of carbonyl (C=O) groups is 1. The maximum atomic E-state index is 12.6. The molecule has 6 nitrogen and oxygen atoms in total. The molecule has 0 aromatic carbocycles. The fourth-order valence-electron chi connectivity index (χ4n) is 4.15. The van der Waals surface area contributed by atoms with Gasteiger partial charge >= 0.3 is 0 Å². The van der Waals surface area contributed by atoms with E-state index in [2.05, 4.69) is 27.5 Å². The Morgan fingerprint density at radius 2 is 2.00 bits per heavy atom. The lowest BCUT2D eigenvalue weighted by Gasteiger charge is -2.36. The topological polar surface area (TPSA) is 66.3 Å². The summed E-state index contributed by atoms with van der Waals surface area (Å²) < 4.78 is 5.24. The van der Waals surface area contributed by atoms with Gasteiger partial charge in [0.1, 0.15) is 5.76 Å². The van der Waals surface area contributed by atoms with E-state index < -0.39 is 0 Å². The van der Waals surface area contributed by atoms with Crippen molar-refractivity contribution >= 4 is 17.3 Å². The molecule has 0 spiro atoms. The minimum atomic E-state index is -0.0989. The van der Waals surface area contributed by atoms with Gasteiger partial charge < -0.3 is 15.0 Å². The van der Waals surface area contributed by atoms with Crippen LogP contribution in [0.2, 0.25) is 0 Å². The van der Waals surface area contributed by atoms with E-state index in [0.717, 1.165) is 29.9 Å². The average molecular weight is 314 g/mol. The summed E-state index contributed by atoms with van der Waals surface area (Å²) in [5, 5.41) is 11.4. The van der Waals surface area contributed by atoms with Gasteiger partial charge in [-0.05, 0) is 44.9 Å². The summed E-state index contributed by atoms with van der Waals surface area (Å²) in [4.78, 5) is 15.1. The Balaban J connectivity index is 1.43. The number of nitrogens with one attached hydrogen (secondary N) is 1. The molecule has 4 rings (SSSR count). The second-order valence-corrected chi connectivity index (χ2v) is 6.78. The summed E-state index contributed by atoms with van der Waals surface area (Å²) in [6, 6.07) is 1.46. The van der Waals surface area contributed by atoms with Crippen LogP contribution in [0.25, 0.3) is 0 Å². The highest BCUT2D eigenvalue weighted by atomic mass is 16.5. The van der Waals surface area contributed by atoms with Crippen molar-refractivity contribution in [1.82, 2.24) is 10.2 Å². The van der Waals surface area contributed by atoms with Crippen molar-refractivity contribution in [2.24, 2.45) is 10.2 Å². The number of hydrogen-bond donors (Lipinski definition) is 1. The summed E-state index contributed by atoms with van der Waals surface area (Å²) in [6.07, 6.45) is 8.93. The molecule has 1 amide bonds. The molecule has 3 heterocycles. The molecular weight excluding hydrogens is 292 g/mol. The molecule has 6 heteroatoms. The van der Waals surface area contributed by atoms with Gasteiger partial charge in [0.25, 0.3) is 5.91 Å². The minimum absolute atomic E-state index is 0.0989. The van der Waals surface area contributed by atoms with Crippen LogP contribution in [0.15, 0.2) is 33.7 Å². The fourth-order valence-corrected chi connectivity index (χ4v) is 4.15. The fraction of sp³-hybridized carbons (Fsp3) is 0.588. The van der Waals surface area contributed by atoms with Crippen molar-refractivity contribution in [2.45, 2.75) is 50.2 Å². The van der Waals surface area contributed by atoms with Gasteiger partial charge in [-0.15, -0.1) is 5.10 Å². The van der Waals surface area contributed by atoms with Crippen LogP contribution in [-0.4, -0.2) is 54.5 Å². The van der Waals surface area contributed by atoms with Gasteiger partial charge in [-0.1, -0.05) is 0 Å². The van der Waals surface area contributed by atoms with E-state index in [0.29, 0.717) is 24.2 Å². The SMILES string of the molecule is COC1=CC=C2C(=NN=C2C(=O)NC2CC3CCC(C2)N3C)C1. The van der Waals surface area contributed by atoms with Crippen LogP contribution < -0.4 is 5.32 Å². The predicted molar refractivity (Wildman–Crippen MR) is 88.4 cm³/mol. The molecule has 2 unspecified atom stereocenters. The largest absolute Gasteiger partial charge is 0.501 e. The highest BCUT2D eigenvalue weighted by molar-refractivity contribution is 6.53. The molecule has 2 atom stereocenters. The van der Waals surface area contributed by atoms with E-state index in [9.17, 15) is 4.79 Å². The molecule has 1 aliphatic carbocycles. The molecule has 122 valence electrons. The number of rotatable bonds is 3. The third kappa shape index (κ3) is 2.51. The summed E-state index contributed by atoms with van der Waals surface area (Å²) in [5.74, 6) is 0.745. The quantitative estimate of drug-likeness (QED) is 0.856. The molecule has 0 radical (unpaired) electrons. The number of methoxy groups -OCH3 is 1. The number of piperidine rings is 1. The third-order valence-electron chi connectivity index (χ3n) is 5.53. The zero-order valence-corrected chi connectivity index (χ0v) is 13.6. The Hall–Kier alpha value is -1.95. The van der Waals surface area contributed by atoms with E-state index in [1.807, 2.05) is 12.2 Å². The second-order valence-electron chi connectivity index (χ2n) is 6.78. The van der Waals surface area contributed by atoms with Crippen molar-refractivity contribution < 1.29 is 9.53 Å². The highest BCUT2D eigenvalue weighted by Gasteiger charge is 2.39. The number of nitrogens with zero attached hydrogens (tertiary/aromatic N) is 3. The van der Waals surface area contributed by atoms with Crippen molar-refractivity contribution in [3.63, 3.8) is 0 Å². The molecular formula is C17H22N4O2. The van der Waals surface area contributed by atoms with Gasteiger partial charge in [0, 0.05) is 23.7 Å². The second kappa shape index (κ2) is 5.60. The Kier molecular flexibility index (Phi) is 3.56. The number of hydrogen-bond acceptors (Lipinski definition) is 5. The average Bonchev–Trinajstić information content (AvgIpc) is 3.04. The molecule has 0 aromatic rings. The van der Waals surface area contributed by atoms with Crippen LogP contribution in [-0.2, 0) is 9.53 Å². The lowest BCUT2D eigenvalue weighted by atomic mass is 9.95. The molecule has 23 heavy (non-hydrogen) atoms. The van der Waals surface area contributed by atoms with Crippen molar-refractivity contribution in [3.05, 3.63) is 23.5 Å². The highest BCUT2D eigenvalue weighted by Crippen LogP contribution is 2.34. The van der Waals surface area contributed by atoms with Gasteiger partial charge in [0.05, 0.1) is 19.2 Å². The first-order valence-corrected chi connectivity index (χ1v) is 8.28. The predicted octanol–water partition coefficient (Wildman–Crippen LogP) is 1.40. The van der Waals surface area contributed by atoms with Gasteiger partial charge in [-0.25, -0.2) is 0 Å². The zero-order chi connectivity index (χ0) is 16.0. The Labute approximate surface area is 136 Å². The maximum absolute atomic E-state index is 12.6. The number of amides is 1. The molecule has 4 aliphatic rings. The van der Waals surface area contributed by atoms with Crippen molar-refractivity contribution in [1.29, 1.82) is 0 Å². The van der Waals surface area contributed by atoms with E-state index in [1.165, 1.54) is 12.8 Å². The van der Waals surface area contributed by atoms with Crippen LogP contribution >= 0.6 is 0 Å². The summed E-state index contributed by atoms with van der Waals surface area (Å²) in [7, 11) is 3.84. The Bertz CT molecular complexity index is 648. The van der Waals surface area contributed by atoms with E-state index in [1.54, 1.807) is 7.11 Å². The Morgan fingerprint density at radius 1 is 1.26 bits per heavy atom. The third-order valence-corrected chi connectivity index (χ3v) is 5.53. The number of carbonyl (C=O) groups excluding carboxylic acids is 1. The maximum Gasteiger partial charge on any atom is 0.272 e. The van der Waals surface area contributed by atoms with Crippen LogP contribution in [0.1, 0.15) is 32.1 Å². The monoisotopic (exact) mass is 314 g/mol. The smallest absolute Gasteiger partial charge is 0.272 e. The zero-order valence-electron chi connectivity index (χ0n) is 13.6. The van der Waals surface area contributed by atoms with E-state index in [-0.39, 0.29) is 11.9 Å². The van der Waals surface area contributed by atoms with Gasteiger partial charge in [-0.3, -0.25) is 4.79 Å². The summed E-state index contributed by atoms with van der Waals surface area (Å²) in [5.41, 5.74) is 2.09.